The quantitative estimate of drug-likeness (QED) is 0.464. The van der Waals surface area contributed by atoms with Crippen LogP contribution in [0, 0.1) is 11.3 Å². The summed E-state index contributed by atoms with van der Waals surface area (Å²) in [6.45, 7) is 13.2. The number of benzene rings is 2. The predicted molar refractivity (Wildman–Crippen MR) is 150 cm³/mol. The SMILES string of the molecule is CC(C)(C)CC[C@@]1(C)C(=O)C(C2=NS(=O)(=O)c3cc(NC(=O)OC(C)(C)C)ccc3N2)C(=O)c2ccccc21. The van der Waals surface area contributed by atoms with Gasteiger partial charge in [0.15, 0.2) is 11.6 Å². The number of ether oxygens (including phenoxy) is 1. The van der Waals surface area contributed by atoms with Gasteiger partial charge in [0.25, 0.3) is 10.0 Å². The lowest BCUT2D eigenvalue weighted by Gasteiger charge is -2.39. The first-order valence-corrected chi connectivity index (χ1v) is 14.3. The topological polar surface area (TPSA) is 131 Å². The minimum Gasteiger partial charge on any atom is -0.444 e. The molecule has 4 rings (SSSR count). The number of amidine groups is 1. The molecule has 9 nitrogen and oxygen atoms in total. The van der Waals surface area contributed by atoms with Gasteiger partial charge in [-0.25, -0.2) is 4.79 Å². The molecule has 1 amide bonds. The van der Waals surface area contributed by atoms with E-state index in [2.05, 4.69) is 35.8 Å². The van der Waals surface area contributed by atoms with Gasteiger partial charge in [-0.05, 0) is 69.7 Å². The van der Waals surface area contributed by atoms with E-state index in [-0.39, 0.29) is 33.3 Å². The van der Waals surface area contributed by atoms with Crippen LogP contribution in [0.15, 0.2) is 51.8 Å². The Kier molecular flexibility index (Phi) is 7.00. The van der Waals surface area contributed by atoms with Gasteiger partial charge in [-0.15, -0.1) is 4.40 Å². The van der Waals surface area contributed by atoms with Gasteiger partial charge >= 0.3 is 6.09 Å². The maximum Gasteiger partial charge on any atom is 0.412 e. The lowest BCUT2D eigenvalue weighted by molar-refractivity contribution is -0.125. The van der Waals surface area contributed by atoms with Gasteiger partial charge in [0.2, 0.25) is 0 Å². The average Bonchev–Trinajstić information content (AvgIpc) is 2.80. The zero-order valence-electron chi connectivity index (χ0n) is 23.3. The first kappa shape index (κ1) is 28.5. The van der Waals surface area contributed by atoms with Crippen molar-refractivity contribution in [1.29, 1.82) is 0 Å². The van der Waals surface area contributed by atoms with Gasteiger partial charge in [0.05, 0.1) is 11.1 Å². The highest BCUT2D eigenvalue weighted by Gasteiger charge is 2.51. The molecule has 2 atom stereocenters. The standard InChI is InChI=1S/C29H35N3O6S/c1-27(2,3)14-15-29(7)19-11-9-8-10-18(19)23(33)22(24(29)34)25-31-20-13-12-17(16-21(20)39(36,37)32-25)30-26(35)38-28(4,5)6/h8-13,16,22H,14-15H2,1-7H3,(H,30,35)(H,31,32)/t22?,29-/m1/s1. The molecule has 208 valence electrons. The Morgan fingerprint density at radius 2 is 1.74 bits per heavy atom. The van der Waals surface area contributed by atoms with Crippen LogP contribution in [0.4, 0.5) is 16.2 Å². The molecule has 1 unspecified atom stereocenters. The summed E-state index contributed by atoms with van der Waals surface area (Å²) in [6.07, 6.45) is 0.477. The smallest absolute Gasteiger partial charge is 0.412 e. The Balaban J connectivity index is 1.71. The van der Waals surface area contributed by atoms with Crippen molar-refractivity contribution in [2.45, 2.75) is 77.2 Å². The Labute approximate surface area is 229 Å². The van der Waals surface area contributed by atoms with Crippen molar-refractivity contribution in [3.8, 4) is 0 Å². The van der Waals surface area contributed by atoms with E-state index in [1.54, 1.807) is 45.0 Å². The minimum atomic E-state index is -4.30. The van der Waals surface area contributed by atoms with Gasteiger partial charge < -0.3 is 10.1 Å². The van der Waals surface area contributed by atoms with E-state index in [0.717, 1.165) is 6.42 Å². The van der Waals surface area contributed by atoms with Gasteiger partial charge in [0, 0.05) is 11.3 Å². The largest absolute Gasteiger partial charge is 0.444 e. The van der Waals surface area contributed by atoms with Gasteiger partial charge in [-0.2, -0.15) is 8.42 Å². The van der Waals surface area contributed by atoms with Crippen molar-refractivity contribution in [2.24, 2.45) is 15.7 Å². The molecule has 1 heterocycles. The zero-order valence-corrected chi connectivity index (χ0v) is 24.2. The Hall–Kier alpha value is -3.53. The normalized spacial score (nSPS) is 22.2. The molecule has 0 spiro atoms. The molecule has 2 aliphatic rings. The number of anilines is 2. The fourth-order valence-electron chi connectivity index (χ4n) is 4.84. The molecule has 2 N–H and O–H groups in total. The number of carbonyl (C=O) groups excluding carboxylic acids is 3. The highest BCUT2D eigenvalue weighted by atomic mass is 32.2. The van der Waals surface area contributed by atoms with Crippen molar-refractivity contribution in [3.05, 3.63) is 53.6 Å². The molecule has 0 saturated heterocycles. The van der Waals surface area contributed by atoms with Gasteiger partial charge in [-0.1, -0.05) is 45.0 Å². The van der Waals surface area contributed by atoms with Crippen molar-refractivity contribution < 1.29 is 27.5 Å². The van der Waals surface area contributed by atoms with E-state index in [1.807, 2.05) is 6.92 Å². The Bertz CT molecular complexity index is 1500. The molecule has 0 bridgehead atoms. The summed E-state index contributed by atoms with van der Waals surface area (Å²) in [5, 5.41) is 5.44. The number of Topliss-reactive ketones (excluding diaryl/α,β-unsaturated/α-hetero) is 2. The van der Waals surface area contributed by atoms with Crippen molar-refractivity contribution in [1.82, 2.24) is 0 Å². The number of nitrogens with zero attached hydrogens (tertiary/aromatic N) is 1. The molecule has 1 aliphatic heterocycles. The zero-order chi connectivity index (χ0) is 29.0. The van der Waals surface area contributed by atoms with Crippen molar-refractivity contribution in [2.75, 3.05) is 10.6 Å². The lowest BCUT2D eigenvalue weighted by Crippen LogP contribution is -2.51. The number of amides is 1. The molecule has 2 aromatic rings. The number of ketones is 2. The molecule has 0 saturated carbocycles. The molecule has 0 fully saturated rings. The van der Waals surface area contributed by atoms with Crippen LogP contribution in [0.1, 0.15) is 77.2 Å². The van der Waals surface area contributed by atoms with E-state index >= 15 is 0 Å². The summed E-state index contributed by atoms with van der Waals surface area (Å²) in [7, 11) is -4.30. The third kappa shape index (κ3) is 5.75. The number of rotatable bonds is 4. The van der Waals surface area contributed by atoms with Gasteiger partial charge in [-0.3, -0.25) is 14.9 Å². The molecule has 2 aromatic carbocycles. The van der Waals surface area contributed by atoms with Crippen LogP contribution < -0.4 is 10.6 Å². The highest BCUT2D eigenvalue weighted by molar-refractivity contribution is 7.90. The van der Waals surface area contributed by atoms with Crippen LogP contribution >= 0.6 is 0 Å². The predicted octanol–water partition coefficient (Wildman–Crippen LogP) is 5.71. The number of hydrogen-bond donors (Lipinski definition) is 2. The molecule has 10 heteroatoms. The van der Waals surface area contributed by atoms with Crippen LogP contribution in [-0.4, -0.2) is 37.5 Å². The third-order valence-corrected chi connectivity index (χ3v) is 8.22. The van der Waals surface area contributed by atoms with Crippen molar-refractivity contribution >= 4 is 44.9 Å². The molecular weight excluding hydrogens is 518 g/mol. The van der Waals surface area contributed by atoms with E-state index in [9.17, 15) is 22.8 Å². The molecular formula is C29H35N3O6S. The highest BCUT2D eigenvalue weighted by Crippen LogP contribution is 2.44. The number of hydrogen-bond acceptors (Lipinski definition) is 7. The summed E-state index contributed by atoms with van der Waals surface area (Å²) in [4.78, 5) is 39.7. The number of carbonyl (C=O) groups is 3. The second-order valence-corrected chi connectivity index (χ2v) is 14.1. The minimum absolute atomic E-state index is 0.0525. The average molecular weight is 554 g/mol. The second-order valence-electron chi connectivity index (χ2n) is 12.5. The monoisotopic (exact) mass is 553 g/mol. The summed E-state index contributed by atoms with van der Waals surface area (Å²) in [5.41, 5.74) is -0.391. The van der Waals surface area contributed by atoms with Crippen LogP contribution in [0.25, 0.3) is 0 Å². The van der Waals surface area contributed by atoms with Crippen LogP contribution in [0.3, 0.4) is 0 Å². The molecule has 0 radical (unpaired) electrons. The summed E-state index contributed by atoms with van der Waals surface area (Å²) in [5.74, 6) is -2.49. The number of sulfonamides is 1. The van der Waals surface area contributed by atoms with Crippen LogP contribution in [0.2, 0.25) is 0 Å². The van der Waals surface area contributed by atoms with E-state index in [0.29, 0.717) is 17.5 Å². The first-order chi connectivity index (χ1) is 17.9. The first-order valence-electron chi connectivity index (χ1n) is 12.9. The number of nitrogens with one attached hydrogen (secondary N) is 2. The molecule has 1 aliphatic carbocycles. The Morgan fingerprint density at radius 1 is 1.08 bits per heavy atom. The fraction of sp³-hybridized carbons (Fsp3) is 0.448. The maximum atomic E-state index is 14.1. The van der Waals surface area contributed by atoms with E-state index in [1.165, 1.54) is 18.2 Å². The maximum absolute atomic E-state index is 14.1. The van der Waals surface area contributed by atoms with Gasteiger partial charge in [0.1, 0.15) is 22.3 Å². The molecule has 39 heavy (non-hydrogen) atoms. The third-order valence-electron chi connectivity index (χ3n) is 6.89. The molecule has 0 aromatic heterocycles. The van der Waals surface area contributed by atoms with E-state index < -0.39 is 38.8 Å². The van der Waals surface area contributed by atoms with E-state index in [4.69, 9.17) is 4.74 Å². The lowest BCUT2D eigenvalue weighted by atomic mass is 9.62. The summed E-state index contributed by atoms with van der Waals surface area (Å²) < 4.78 is 35.7. The second kappa shape index (κ2) is 9.59. The van der Waals surface area contributed by atoms with Crippen molar-refractivity contribution in [3.63, 3.8) is 0 Å². The summed E-state index contributed by atoms with van der Waals surface area (Å²) >= 11 is 0. The summed E-state index contributed by atoms with van der Waals surface area (Å²) in [6, 6.07) is 11.2. The number of fused-ring (bicyclic) bond motifs is 2. The fourth-order valence-corrected chi connectivity index (χ4v) is 6.02. The van der Waals surface area contributed by atoms with Crippen LogP contribution in [0.5, 0.6) is 0 Å². The van der Waals surface area contributed by atoms with Crippen LogP contribution in [-0.2, 0) is 25.0 Å². The Morgan fingerprint density at radius 3 is 2.38 bits per heavy atom.